The quantitative estimate of drug-likeness (QED) is 0.574. The van der Waals surface area contributed by atoms with Gasteiger partial charge in [-0.05, 0) is 31.6 Å². The maximum absolute atomic E-state index is 9.78. The molecule has 1 fully saturated rings. The normalized spacial score (nSPS) is 30.3. The molecule has 3 unspecified atom stereocenters. The maximum atomic E-state index is 9.78. The number of hydrogen-bond acceptors (Lipinski definition) is 4. The van der Waals surface area contributed by atoms with Gasteiger partial charge >= 0.3 is 0 Å². The number of aliphatic hydroxyl groups is 1. The van der Waals surface area contributed by atoms with Gasteiger partial charge < -0.3 is 20.9 Å². The molecule has 0 amide bonds. The Kier molecular flexibility index (Phi) is 7.82. The number of unbranched alkanes of at least 4 members (excludes halogenated alkanes) is 1. The molecule has 0 aromatic carbocycles. The van der Waals surface area contributed by atoms with E-state index in [0.717, 1.165) is 32.3 Å². The topological polar surface area (TPSA) is 67.5 Å². The minimum Gasteiger partial charge on any atom is -0.389 e. The van der Waals surface area contributed by atoms with E-state index in [2.05, 4.69) is 19.2 Å². The van der Waals surface area contributed by atoms with Crippen molar-refractivity contribution in [1.29, 1.82) is 0 Å². The van der Waals surface area contributed by atoms with Crippen LogP contribution < -0.4 is 11.1 Å². The van der Waals surface area contributed by atoms with E-state index in [-0.39, 0.29) is 0 Å². The first-order valence-electron chi connectivity index (χ1n) is 7.38. The van der Waals surface area contributed by atoms with E-state index < -0.39 is 6.10 Å². The summed E-state index contributed by atoms with van der Waals surface area (Å²) in [6, 6.07) is 0.760. The van der Waals surface area contributed by atoms with Gasteiger partial charge in [0.15, 0.2) is 0 Å². The molecule has 0 aromatic rings. The van der Waals surface area contributed by atoms with Gasteiger partial charge in [-0.15, -0.1) is 0 Å². The van der Waals surface area contributed by atoms with Crippen molar-refractivity contribution in [3.8, 4) is 0 Å². The summed E-state index contributed by atoms with van der Waals surface area (Å²) >= 11 is 0. The van der Waals surface area contributed by atoms with Gasteiger partial charge in [-0.1, -0.05) is 20.3 Å². The third-order valence-electron chi connectivity index (χ3n) is 3.85. The lowest BCUT2D eigenvalue weighted by Crippen LogP contribution is -2.45. The van der Waals surface area contributed by atoms with E-state index in [0.29, 0.717) is 31.2 Å². The van der Waals surface area contributed by atoms with Crippen LogP contribution in [0.25, 0.3) is 0 Å². The SMILES string of the molecule is CCCCOCC(O)CNC1CC[C@@H](C)C(N)C1. The highest BCUT2D eigenvalue weighted by Gasteiger charge is 2.24. The molecule has 0 aromatic heterocycles. The lowest BCUT2D eigenvalue weighted by atomic mass is 9.83. The predicted octanol–water partition coefficient (Wildman–Crippen LogP) is 1.27. The van der Waals surface area contributed by atoms with Crippen LogP contribution in [0.3, 0.4) is 0 Å². The zero-order valence-corrected chi connectivity index (χ0v) is 11.9. The molecule has 0 bridgehead atoms. The third kappa shape index (κ3) is 6.14. The van der Waals surface area contributed by atoms with E-state index in [4.69, 9.17) is 10.5 Å². The second-order valence-corrected chi connectivity index (χ2v) is 5.64. The molecular formula is C14H30N2O2. The minimum atomic E-state index is -0.405. The van der Waals surface area contributed by atoms with E-state index in [1.807, 2.05) is 0 Å². The van der Waals surface area contributed by atoms with Crippen LogP contribution in [0.15, 0.2) is 0 Å². The fraction of sp³-hybridized carbons (Fsp3) is 1.00. The molecule has 1 rings (SSSR count). The summed E-state index contributed by atoms with van der Waals surface area (Å²) in [6.07, 6.45) is 5.16. The van der Waals surface area contributed by atoms with Crippen molar-refractivity contribution < 1.29 is 9.84 Å². The monoisotopic (exact) mass is 258 g/mol. The molecule has 0 heterocycles. The smallest absolute Gasteiger partial charge is 0.0897 e. The Morgan fingerprint density at radius 2 is 2.22 bits per heavy atom. The highest BCUT2D eigenvalue weighted by molar-refractivity contribution is 4.84. The Bertz CT molecular complexity index is 214. The molecule has 4 N–H and O–H groups in total. The van der Waals surface area contributed by atoms with E-state index in [1.165, 1.54) is 6.42 Å². The third-order valence-corrected chi connectivity index (χ3v) is 3.85. The van der Waals surface area contributed by atoms with Crippen LogP contribution in [0, 0.1) is 5.92 Å². The van der Waals surface area contributed by atoms with Crippen LogP contribution in [0.2, 0.25) is 0 Å². The van der Waals surface area contributed by atoms with Gasteiger partial charge in [-0.2, -0.15) is 0 Å². The lowest BCUT2D eigenvalue weighted by Gasteiger charge is -2.32. The number of aliphatic hydroxyl groups excluding tert-OH is 1. The second-order valence-electron chi connectivity index (χ2n) is 5.64. The van der Waals surface area contributed by atoms with E-state index in [9.17, 15) is 5.11 Å². The fourth-order valence-corrected chi connectivity index (χ4v) is 2.37. The Morgan fingerprint density at radius 1 is 1.44 bits per heavy atom. The summed E-state index contributed by atoms with van der Waals surface area (Å²) in [4.78, 5) is 0. The molecule has 0 saturated heterocycles. The average molecular weight is 258 g/mol. The van der Waals surface area contributed by atoms with Crippen LogP contribution >= 0.6 is 0 Å². The highest BCUT2D eigenvalue weighted by atomic mass is 16.5. The van der Waals surface area contributed by atoms with Crippen LogP contribution in [-0.4, -0.2) is 43.1 Å². The first kappa shape index (κ1) is 15.9. The molecule has 18 heavy (non-hydrogen) atoms. The maximum Gasteiger partial charge on any atom is 0.0897 e. The average Bonchev–Trinajstić information content (AvgIpc) is 2.36. The molecule has 1 aliphatic carbocycles. The Labute approximate surface area is 111 Å². The minimum absolute atomic E-state index is 0.300. The molecular weight excluding hydrogens is 228 g/mol. The van der Waals surface area contributed by atoms with Crippen LogP contribution in [-0.2, 0) is 4.74 Å². The van der Waals surface area contributed by atoms with E-state index >= 15 is 0 Å². The molecule has 1 saturated carbocycles. The number of ether oxygens (including phenoxy) is 1. The van der Waals surface area contributed by atoms with Gasteiger partial charge in [0.05, 0.1) is 12.7 Å². The van der Waals surface area contributed by atoms with Gasteiger partial charge in [0.25, 0.3) is 0 Å². The number of hydrogen-bond donors (Lipinski definition) is 3. The van der Waals surface area contributed by atoms with Crippen molar-refractivity contribution in [3.63, 3.8) is 0 Å². The van der Waals surface area contributed by atoms with Gasteiger partial charge in [-0.25, -0.2) is 0 Å². The van der Waals surface area contributed by atoms with Crippen LogP contribution in [0.4, 0.5) is 0 Å². The second kappa shape index (κ2) is 8.86. The Morgan fingerprint density at radius 3 is 2.89 bits per heavy atom. The first-order valence-corrected chi connectivity index (χ1v) is 7.38. The van der Waals surface area contributed by atoms with Gasteiger partial charge in [0, 0.05) is 25.2 Å². The van der Waals surface area contributed by atoms with Gasteiger partial charge in [0.1, 0.15) is 0 Å². The molecule has 1 aliphatic rings. The Balaban J connectivity index is 2.05. The molecule has 108 valence electrons. The fourth-order valence-electron chi connectivity index (χ4n) is 2.37. The van der Waals surface area contributed by atoms with Crippen molar-refractivity contribution in [2.45, 2.75) is 64.1 Å². The highest BCUT2D eigenvalue weighted by Crippen LogP contribution is 2.22. The summed E-state index contributed by atoms with van der Waals surface area (Å²) < 4.78 is 5.40. The molecule has 0 radical (unpaired) electrons. The van der Waals surface area contributed by atoms with Gasteiger partial charge in [-0.3, -0.25) is 0 Å². The summed E-state index contributed by atoms with van der Waals surface area (Å²) in [6.45, 7) is 6.14. The zero-order valence-electron chi connectivity index (χ0n) is 11.9. The zero-order chi connectivity index (χ0) is 13.4. The molecule has 4 nitrogen and oxygen atoms in total. The lowest BCUT2D eigenvalue weighted by molar-refractivity contribution is 0.0334. The number of nitrogens with two attached hydrogens (primary N) is 1. The molecule has 4 heteroatoms. The Hall–Kier alpha value is -0.160. The molecule has 0 spiro atoms. The van der Waals surface area contributed by atoms with Crippen molar-refractivity contribution in [1.82, 2.24) is 5.32 Å². The summed E-state index contributed by atoms with van der Waals surface area (Å²) in [7, 11) is 0. The standard InChI is InChI=1S/C14H30N2O2/c1-3-4-7-18-10-13(17)9-16-12-6-5-11(2)14(15)8-12/h11-14,16-17H,3-10,15H2,1-2H3/t11-,12?,13?,14?/m1/s1. The summed E-state index contributed by atoms with van der Waals surface area (Å²) in [5, 5.41) is 13.2. The van der Waals surface area contributed by atoms with Crippen molar-refractivity contribution >= 4 is 0 Å². The van der Waals surface area contributed by atoms with Crippen LogP contribution in [0.5, 0.6) is 0 Å². The largest absolute Gasteiger partial charge is 0.389 e. The first-order chi connectivity index (χ1) is 8.63. The van der Waals surface area contributed by atoms with Crippen LogP contribution in [0.1, 0.15) is 46.0 Å². The van der Waals surface area contributed by atoms with E-state index in [1.54, 1.807) is 0 Å². The van der Waals surface area contributed by atoms with Gasteiger partial charge in [0.2, 0.25) is 0 Å². The van der Waals surface area contributed by atoms with Crippen molar-refractivity contribution in [3.05, 3.63) is 0 Å². The number of rotatable bonds is 8. The van der Waals surface area contributed by atoms with Crippen molar-refractivity contribution in [2.24, 2.45) is 11.7 Å². The predicted molar refractivity (Wildman–Crippen MR) is 74.5 cm³/mol. The summed E-state index contributed by atoms with van der Waals surface area (Å²) in [5.74, 6) is 0.630. The molecule has 0 aliphatic heterocycles. The van der Waals surface area contributed by atoms with Crippen molar-refractivity contribution in [2.75, 3.05) is 19.8 Å². The molecule has 4 atom stereocenters. The number of nitrogens with one attached hydrogen (secondary N) is 1. The summed E-state index contributed by atoms with van der Waals surface area (Å²) in [5.41, 5.74) is 6.06.